The van der Waals surface area contributed by atoms with Crippen molar-refractivity contribution in [2.24, 2.45) is 0 Å². The summed E-state index contributed by atoms with van der Waals surface area (Å²) in [5.74, 6) is 0.178. The molecule has 1 aromatic carbocycles. The maximum absolute atomic E-state index is 12.3. The molecular weight excluding hydrogens is 300 g/mol. The molecule has 2 aromatic rings. The first-order valence-corrected chi connectivity index (χ1v) is 7.99. The lowest BCUT2D eigenvalue weighted by Crippen LogP contribution is -2.14. The molecule has 2 rings (SSSR count). The fraction of sp³-hybridized carbons (Fsp3) is 0.250. The van der Waals surface area contributed by atoms with Crippen LogP contribution in [0.2, 0.25) is 0 Å². The third kappa shape index (κ3) is 3.09. The SMILES string of the molecule is COc1cc(CO)ccc1S(=O)(=O)Nc1ncc(C)s1. The summed E-state index contributed by atoms with van der Waals surface area (Å²) >= 11 is 1.25. The Hall–Kier alpha value is -1.64. The average Bonchev–Trinajstić information content (AvgIpc) is 2.82. The van der Waals surface area contributed by atoms with Crippen molar-refractivity contribution < 1.29 is 18.3 Å². The highest BCUT2D eigenvalue weighted by Gasteiger charge is 2.21. The number of sulfonamides is 1. The molecule has 0 spiro atoms. The third-order valence-electron chi connectivity index (χ3n) is 2.54. The number of aromatic nitrogens is 1. The molecule has 6 nitrogen and oxygen atoms in total. The van der Waals surface area contributed by atoms with E-state index in [1.54, 1.807) is 6.20 Å². The Morgan fingerprint density at radius 2 is 2.20 bits per heavy atom. The molecule has 1 aromatic heterocycles. The zero-order chi connectivity index (χ0) is 14.8. The summed E-state index contributed by atoms with van der Waals surface area (Å²) < 4.78 is 32.1. The Balaban J connectivity index is 2.38. The topological polar surface area (TPSA) is 88.5 Å². The van der Waals surface area contributed by atoms with Gasteiger partial charge >= 0.3 is 0 Å². The van der Waals surface area contributed by atoms with Crippen molar-refractivity contribution in [2.75, 3.05) is 11.8 Å². The Morgan fingerprint density at radius 3 is 2.75 bits per heavy atom. The molecule has 8 heteroatoms. The smallest absolute Gasteiger partial charge is 0.267 e. The van der Waals surface area contributed by atoms with Crippen LogP contribution in [0, 0.1) is 6.92 Å². The van der Waals surface area contributed by atoms with E-state index in [1.165, 1.54) is 36.6 Å². The number of aryl methyl sites for hydroxylation is 1. The van der Waals surface area contributed by atoms with Gasteiger partial charge in [0, 0.05) is 11.1 Å². The van der Waals surface area contributed by atoms with E-state index >= 15 is 0 Å². The molecule has 0 aliphatic rings. The lowest BCUT2D eigenvalue weighted by atomic mass is 10.2. The van der Waals surface area contributed by atoms with E-state index in [0.717, 1.165) is 4.88 Å². The molecule has 0 atom stereocenters. The van der Waals surface area contributed by atoms with E-state index in [4.69, 9.17) is 9.84 Å². The van der Waals surface area contributed by atoms with Crippen molar-refractivity contribution >= 4 is 26.5 Å². The molecular formula is C12H14N2O4S2. The summed E-state index contributed by atoms with van der Waals surface area (Å²) in [6.45, 7) is 1.65. The first kappa shape index (κ1) is 14.8. The number of anilines is 1. The standard InChI is InChI=1S/C12H14N2O4S2/c1-8-6-13-12(19-8)14-20(16,17)11-4-3-9(7-15)5-10(11)18-2/h3-6,15H,7H2,1-2H3,(H,13,14). The van der Waals surface area contributed by atoms with Gasteiger partial charge in [-0.25, -0.2) is 13.4 Å². The van der Waals surface area contributed by atoms with E-state index in [9.17, 15) is 8.42 Å². The third-order valence-corrected chi connectivity index (χ3v) is 4.88. The van der Waals surface area contributed by atoms with Crippen LogP contribution < -0.4 is 9.46 Å². The first-order chi connectivity index (χ1) is 9.46. The van der Waals surface area contributed by atoms with Crippen molar-refractivity contribution in [3.05, 3.63) is 34.8 Å². The molecule has 0 radical (unpaired) electrons. The number of methoxy groups -OCH3 is 1. The van der Waals surface area contributed by atoms with Gasteiger partial charge in [0.25, 0.3) is 10.0 Å². The van der Waals surface area contributed by atoms with Gasteiger partial charge < -0.3 is 9.84 Å². The number of nitrogens with one attached hydrogen (secondary N) is 1. The number of nitrogens with zero attached hydrogens (tertiary/aromatic N) is 1. The van der Waals surface area contributed by atoms with Gasteiger partial charge in [-0.1, -0.05) is 6.07 Å². The van der Waals surface area contributed by atoms with Gasteiger partial charge in [0.2, 0.25) is 0 Å². The number of ether oxygens (including phenoxy) is 1. The molecule has 2 N–H and O–H groups in total. The minimum Gasteiger partial charge on any atom is -0.495 e. The van der Waals surface area contributed by atoms with Crippen molar-refractivity contribution in [2.45, 2.75) is 18.4 Å². The minimum absolute atomic E-state index is 0.00468. The Morgan fingerprint density at radius 1 is 1.45 bits per heavy atom. The zero-order valence-corrected chi connectivity index (χ0v) is 12.6. The quantitative estimate of drug-likeness (QED) is 0.878. The maximum atomic E-state index is 12.3. The Kier molecular flexibility index (Phi) is 4.26. The number of aliphatic hydroxyl groups excluding tert-OH is 1. The molecule has 0 bridgehead atoms. The predicted molar refractivity (Wildman–Crippen MR) is 76.6 cm³/mol. The first-order valence-electron chi connectivity index (χ1n) is 5.69. The van der Waals surface area contributed by atoms with E-state index in [1.807, 2.05) is 6.92 Å². The van der Waals surface area contributed by atoms with Crippen LogP contribution in [0.15, 0.2) is 29.3 Å². The van der Waals surface area contributed by atoms with E-state index in [2.05, 4.69) is 9.71 Å². The van der Waals surface area contributed by atoms with Gasteiger partial charge in [0.05, 0.1) is 13.7 Å². The van der Waals surface area contributed by atoms with E-state index in [-0.39, 0.29) is 17.3 Å². The van der Waals surface area contributed by atoms with Crippen LogP contribution in [0.1, 0.15) is 10.4 Å². The van der Waals surface area contributed by atoms with Gasteiger partial charge in [0.1, 0.15) is 10.6 Å². The summed E-state index contributed by atoms with van der Waals surface area (Å²) in [7, 11) is -2.40. The molecule has 0 saturated heterocycles. The zero-order valence-electron chi connectivity index (χ0n) is 11.0. The molecule has 20 heavy (non-hydrogen) atoms. The Labute approximate surface area is 121 Å². The summed E-state index contributed by atoms with van der Waals surface area (Å²) in [5, 5.41) is 9.36. The maximum Gasteiger partial charge on any atom is 0.267 e. The van der Waals surface area contributed by atoms with Crippen LogP contribution in [-0.2, 0) is 16.6 Å². The molecule has 0 unspecified atom stereocenters. The van der Waals surface area contributed by atoms with E-state index in [0.29, 0.717) is 10.7 Å². The van der Waals surface area contributed by atoms with Gasteiger partial charge in [-0.15, -0.1) is 11.3 Å². The molecule has 0 aliphatic carbocycles. The van der Waals surface area contributed by atoms with Gasteiger partial charge in [-0.3, -0.25) is 4.72 Å². The van der Waals surface area contributed by atoms with Crippen LogP contribution in [-0.4, -0.2) is 25.6 Å². The summed E-state index contributed by atoms with van der Waals surface area (Å²) in [6, 6.07) is 4.42. The monoisotopic (exact) mass is 314 g/mol. The molecule has 0 amide bonds. The molecule has 0 saturated carbocycles. The second-order valence-corrected chi connectivity index (χ2v) is 6.91. The largest absolute Gasteiger partial charge is 0.495 e. The van der Waals surface area contributed by atoms with Gasteiger partial charge in [0.15, 0.2) is 5.13 Å². The number of thiazole rings is 1. The van der Waals surface area contributed by atoms with E-state index < -0.39 is 10.0 Å². The lowest BCUT2D eigenvalue weighted by Gasteiger charge is -2.11. The fourth-order valence-electron chi connectivity index (χ4n) is 1.60. The number of hydrogen-bond acceptors (Lipinski definition) is 6. The normalized spacial score (nSPS) is 11.3. The summed E-state index contributed by atoms with van der Waals surface area (Å²) in [5.41, 5.74) is 0.575. The highest BCUT2D eigenvalue weighted by molar-refractivity contribution is 7.93. The molecule has 108 valence electrons. The van der Waals surface area contributed by atoms with Crippen LogP contribution >= 0.6 is 11.3 Å². The second-order valence-electron chi connectivity index (χ2n) is 4.02. The van der Waals surface area contributed by atoms with Crippen molar-refractivity contribution in [1.82, 2.24) is 4.98 Å². The van der Waals surface area contributed by atoms with Crippen LogP contribution in [0.25, 0.3) is 0 Å². The predicted octanol–water partition coefficient (Wildman–Crippen LogP) is 1.75. The highest BCUT2D eigenvalue weighted by atomic mass is 32.2. The van der Waals surface area contributed by atoms with Crippen LogP contribution in [0.5, 0.6) is 5.75 Å². The van der Waals surface area contributed by atoms with Gasteiger partial charge in [-0.05, 0) is 24.6 Å². The minimum atomic E-state index is -3.78. The van der Waals surface area contributed by atoms with Crippen molar-refractivity contribution in [3.63, 3.8) is 0 Å². The molecule has 0 fully saturated rings. The van der Waals surface area contributed by atoms with Crippen molar-refractivity contribution in [1.29, 1.82) is 0 Å². The molecule has 1 heterocycles. The van der Waals surface area contributed by atoms with Gasteiger partial charge in [-0.2, -0.15) is 0 Å². The van der Waals surface area contributed by atoms with Crippen LogP contribution in [0.3, 0.4) is 0 Å². The summed E-state index contributed by atoms with van der Waals surface area (Å²) in [4.78, 5) is 4.88. The highest BCUT2D eigenvalue weighted by Crippen LogP contribution is 2.28. The lowest BCUT2D eigenvalue weighted by molar-refractivity contribution is 0.280. The summed E-state index contributed by atoms with van der Waals surface area (Å²) in [6.07, 6.45) is 1.59. The number of rotatable bonds is 5. The Bertz CT molecular complexity index is 710. The number of hydrogen-bond donors (Lipinski definition) is 2. The molecule has 0 aliphatic heterocycles. The fourth-order valence-corrected chi connectivity index (χ4v) is 3.66. The number of benzene rings is 1. The van der Waals surface area contributed by atoms with Crippen LogP contribution in [0.4, 0.5) is 5.13 Å². The second kappa shape index (κ2) is 5.78. The van der Waals surface area contributed by atoms with Crippen molar-refractivity contribution in [3.8, 4) is 5.75 Å². The average molecular weight is 314 g/mol. The number of aliphatic hydroxyl groups is 1.